The molecule has 0 saturated carbocycles. The summed E-state index contributed by atoms with van der Waals surface area (Å²) in [7, 11) is 0. The zero-order valence-electron chi connectivity index (χ0n) is 14.8. The number of aromatic carboxylic acids is 1. The number of rotatable bonds is 8. The molecule has 3 N–H and O–H groups in total. The van der Waals surface area contributed by atoms with E-state index in [2.05, 4.69) is 19.2 Å². The molecular formula is C20H22Cl2N2O2. The molecule has 0 atom stereocenters. The summed E-state index contributed by atoms with van der Waals surface area (Å²) in [6.07, 6.45) is 2.49. The summed E-state index contributed by atoms with van der Waals surface area (Å²) in [5.74, 6) is -0.960. The highest BCUT2D eigenvalue weighted by atomic mass is 35.5. The van der Waals surface area contributed by atoms with Gasteiger partial charge in [0.1, 0.15) is 0 Å². The van der Waals surface area contributed by atoms with Crippen LogP contribution in [0.1, 0.15) is 41.8 Å². The first-order valence-corrected chi connectivity index (χ1v) is 9.05. The topological polar surface area (TPSA) is 73.2 Å². The molecule has 138 valence electrons. The normalized spacial score (nSPS) is 11.2. The van der Waals surface area contributed by atoms with Gasteiger partial charge in [0.05, 0.1) is 5.56 Å². The summed E-state index contributed by atoms with van der Waals surface area (Å²) in [4.78, 5) is 11.2. The summed E-state index contributed by atoms with van der Waals surface area (Å²) in [5, 5.41) is 21.1. The Bertz CT molecular complexity index is 819. The first-order chi connectivity index (χ1) is 12.2. The minimum absolute atomic E-state index is 0.243. The van der Waals surface area contributed by atoms with E-state index >= 15 is 0 Å². The fraction of sp³-hybridized carbons (Fsp3) is 0.300. The smallest absolute Gasteiger partial charge is 0.335 e. The van der Waals surface area contributed by atoms with E-state index in [1.165, 1.54) is 6.21 Å². The first kappa shape index (κ1) is 20.3. The zero-order chi connectivity index (χ0) is 19.3. The molecule has 2 rings (SSSR count). The molecule has 0 aliphatic carbocycles. The van der Waals surface area contributed by atoms with Gasteiger partial charge in [-0.05, 0) is 66.6 Å². The van der Waals surface area contributed by atoms with E-state index in [4.69, 9.17) is 28.6 Å². The maximum atomic E-state index is 11.2. The summed E-state index contributed by atoms with van der Waals surface area (Å²) in [6.45, 7) is 4.73. The number of anilines is 1. The maximum Gasteiger partial charge on any atom is 0.335 e. The minimum Gasteiger partial charge on any atom is -0.478 e. The number of carboxylic acids is 1. The molecule has 0 fully saturated rings. The van der Waals surface area contributed by atoms with Crippen molar-refractivity contribution in [1.29, 1.82) is 5.41 Å². The number of carbonyl (C=O) groups is 1. The van der Waals surface area contributed by atoms with Crippen molar-refractivity contribution in [3.05, 3.63) is 63.1 Å². The van der Waals surface area contributed by atoms with Gasteiger partial charge >= 0.3 is 5.97 Å². The third kappa shape index (κ3) is 4.99. The molecule has 0 aromatic heterocycles. The van der Waals surface area contributed by atoms with Crippen LogP contribution in [0.4, 0.5) is 5.69 Å². The van der Waals surface area contributed by atoms with E-state index in [1.807, 2.05) is 6.07 Å². The minimum atomic E-state index is -0.960. The SMILES string of the molecule is CC(C)(CNc1ccc(C(=O)O)cc1CCC=N)c1cc(Cl)ccc1Cl. The fourth-order valence-electron chi connectivity index (χ4n) is 2.76. The summed E-state index contributed by atoms with van der Waals surface area (Å²) in [5.41, 5.74) is 2.64. The van der Waals surface area contributed by atoms with E-state index in [9.17, 15) is 9.90 Å². The Morgan fingerprint density at radius 1 is 1.23 bits per heavy atom. The van der Waals surface area contributed by atoms with E-state index in [1.54, 1.807) is 30.3 Å². The number of carboxylic acid groups (broad SMARTS) is 1. The van der Waals surface area contributed by atoms with Crippen LogP contribution in [0.3, 0.4) is 0 Å². The van der Waals surface area contributed by atoms with Crippen molar-refractivity contribution < 1.29 is 9.90 Å². The summed E-state index contributed by atoms with van der Waals surface area (Å²) >= 11 is 12.5. The molecule has 26 heavy (non-hydrogen) atoms. The number of nitrogens with one attached hydrogen (secondary N) is 2. The lowest BCUT2D eigenvalue weighted by atomic mass is 9.84. The molecule has 2 aromatic rings. The van der Waals surface area contributed by atoms with Gasteiger partial charge in [-0.2, -0.15) is 0 Å². The highest BCUT2D eigenvalue weighted by Crippen LogP contribution is 2.33. The van der Waals surface area contributed by atoms with Gasteiger partial charge in [0, 0.05) is 27.7 Å². The standard InChI is InChI=1S/C20H22Cl2N2O2/c1-20(2,16-11-15(21)6-7-17(16)22)12-24-18-8-5-14(19(25)26)10-13(18)4-3-9-23/h5-11,23-24H,3-4,12H2,1-2H3,(H,25,26). The van der Waals surface area contributed by atoms with Crippen molar-refractivity contribution in [3.8, 4) is 0 Å². The molecular weight excluding hydrogens is 371 g/mol. The Hall–Kier alpha value is -2.04. The molecule has 0 radical (unpaired) electrons. The van der Waals surface area contributed by atoms with Crippen molar-refractivity contribution in [3.63, 3.8) is 0 Å². The predicted octanol–water partition coefficient (Wildman–Crippen LogP) is 5.66. The van der Waals surface area contributed by atoms with Crippen LogP contribution in [0.15, 0.2) is 36.4 Å². The van der Waals surface area contributed by atoms with E-state index in [0.29, 0.717) is 29.4 Å². The Morgan fingerprint density at radius 2 is 1.96 bits per heavy atom. The average Bonchev–Trinajstić information content (AvgIpc) is 2.60. The van der Waals surface area contributed by atoms with Gasteiger partial charge in [0.25, 0.3) is 0 Å². The molecule has 0 aliphatic rings. The van der Waals surface area contributed by atoms with Crippen LogP contribution < -0.4 is 5.32 Å². The van der Waals surface area contributed by atoms with Gasteiger partial charge in [-0.25, -0.2) is 4.79 Å². The molecule has 0 unspecified atom stereocenters. The van der Waals surface area contributed by atoms with Gasteiger partial charge in [-0.1, -0.05) is 37.0 Å². The quantitative estimate of drug-likeness (QED) is 0.507. The lowest BCUT2D eigenvalue weighted by Crippen LogP contribution is -2.28. The van der Waals surface area contributed by atoms with Crippen LogP contribution >= 0.6 is 23.2 Å². The van der Waals surface area contributed by atoms with Crippen LogP contribution in [0, 0.1) is 5.41 Å². The third-order valence-corrected chi connectivity index (χ3v) is 4.85. The second kappa shape index (κ2) is 8.56. The lowest BCUT2D eigenvalue weighted by Gasteiger charge is -2.28. The van der Waals surface area contributed by atoms with Crippen molar-refractivity contribution in [2.75, 3.05) is 11.9 Å². The molecule has 4 nitrogen and oxygen atoms in total. The summed E-state index contributed by atoms with van der Waals surface area (Å²) in [6, 6.07) is 10.4. The Kier molecular flexibility index (Phi) is 6.68. The van der Waals surface area contributed by atoms with E-state index in [0.717, 1.165) is 16.8 Å². The van der Waals surface area contributed by atoms with Crippen LogP contribution in [0.5, 0.6) is 0 Å². The number of hydrogen-bond acceptors (Lipinski definition) is 3. The lowest BCUT2D eigenvalue weighted by molar-refractivity contribution is 0.0697. The summed E-state index contributed by atoms with van der Waals surface area (Å²) < 4.78 is 0. The average molecular weight is 393 g/mol. The highest BCUT2D eigenvalue weighted by Gasteiger charge is 2.24. The Labute approximate surface area is 163 Å². The molecule has 0 spiro atoms. The zero-order valence-corrected chi connectivity index (χ0v) is 16.3. The van der Waals surface area contributed by atoms with Crippen molar-refractivity contribution in [1.82, 2.24) is 0 Å². The van der Waals surface area contributed by atoms with Crippen LogP contribution in [0.25, 0.3) is 0 Å². The van der Waals surface area contributed by atoms with Crippen LogP contribution in [-0.2, 0) is 11.8 Å². The number of aryl methyl sites for hydroxylation is 1. The third-order valence-electron chi connectivity index (χ3n) is 4.29. The van der Waals surface area contributed by atoms with Gasteiger partial charge < -0.3 is 15.8 Å². The molecule has 0 saturated heterocycles. The second-order valence-electron chi connectivity index (χ2n) is 6.78. The Morgan fingerprint density at radius 3 is 2.62 bits per heavy atom. The van der Waals surface area contributed by atoms with Gasteiger partial charge in [-0.3, -0.25) is 0 Å². The molecule has 2 aromatic carbocycles. The second-order valence-corrected chi connectivity index (χ2v) is 7.63. The largest absolute Gasteiger partial charge is 0.478 e. The number of halogens is 2. The van der Waals surface area contributed by atoms with E-state index in [-0.39, 0.29) is 11.0 Å². The fourth-order valence-corrected chi connectivity index (χ4v) is 3.31. The molecule has 0 bridgehead atoms. The van der Waals surface area contributed by atoms with Gasteiger partial charge in [0.15, 0.2) is 0 Å². The van der Waals surface area contributed by atoms with Gasteiger partial charge in [0.2, 0.25) is 0 Å². The van der Waals surface area contributed by atoms with E-state index < -0.39 is 5.97 Å². The predicted molar refractivity (Wildman–Crippen MR) is 108 cm³/mol. The monoisotopic (exact) mass is 392 g/mol. The number of benzene rings is 2. The molecule has 0 amide bonds. The highest BCUT2D eigenvalue weighted by molar-refractivity contribution is 6.33. The maximum absolute atomic E-state index is 11.2. The van der Waals surface area contributed by atoms with Crippen molar-refractivity contribution in [2.45, 2.75) is 32.1 Å². The Balaban J connectivity index is 2.25. The molecule has 0 heterocycles. The first-order valence-electron chi connectivity index (χ1n) is 8.29. The van der Waals surface area contributed by atoms with Crippen LogP contribution in [-0.4, -0.2) is 23.8 Å². The number of hydrogen-bond donors (Lipinski definition) is 3. The van der Waals surface area contributed by atoms with Crippen molar-refractivity contribution in [2.24, 2.45) is 0 Å². The molecule has 0 aliphatic heterocycles. The van der Waals surface area contributed by atoms with Crippen LogP contribution in [0.2, 0.25) is 10.0 Å². The molecule has 6 heteroatoms. The van der Waals surface area contributed by atoms with Gasteiger partial charge in [-0.15, -0.1) is 0 Å². The van der Waals surface area contributed by atoms with Crippen molar-refractivity contribution >= 4 is 41.1 Å².